The van der Waals surface area contributed by atoms with Crippen molar-refractivity contribution in [3.05, 3.63) is 23.5 Å². The zero-order valence-corrected chi connectivity index (χ0v) is 9.83. The van der Waals surface area contributed by atoms with Crippen LogP contribution in [0.4, 0.5) is 5.69 Å². The molecule has 0 fully saturated rings. The topological polar surface area (TPSA) is 16.1 Å². The second-order valence-electron chi connectivity index (χ2n) is 1.55. The molecule has 0 N–H and O–H groups in total. The lowest BCUT2D eigenvalue weighted by molar-refractivity contribution is 1.33. The van der Waals surface area contributed by atoms with E-state index in [0.717, 1.165) is 5.69 Å². The molecule has 0 saturated carbocycles. The Kier molecular flexibility index (Phi) is 3.44. The molecule has 1 aromatic heterocycles. The Bertz CT molecular complexity index is 229. The largest absolute Gasteiger partial charge is 0.252 e. The van der Waals surface area contributed by atoms with E-state index in [2.05, 4.69) is 50.7 Å². The van der Waals surface area contributed by atoms with Gasteiger partial charge in [0.15, 0.2) is 5.15 Å². The highest BCUT2D eigenvalue weighted by Crippen LogP contribution is 2.28. The molecule has 0 radical (unpaired) electrons. The third-order valence-corrected chi connectivity index (χ3v) is 2.25. The van der Waals surface area contributed by atoms with Gasteiger partial charge in [-0.2, -0.15) is 0 Å². The highest BCUT2D eigenvalue weighted by Gasteiger charge is 2.02. The number of nitrogens with zero attached hydrogens (tertiary/aromatic N) is 2. The van der Waals surface area contributed by atoms with Crippen LogP contribution in [0.3, 0.4) is 0 Å². The van der Waals surface area contributed by atoms with E-state index in [0.29, 0.717) is 5.15 Å². The first-order valence-electron chi connectivity index (χ1n) is 2.44. The summed E-state index contributed by atoms with van der Waals surface area (Å²) in [4.78, 5) is 3.91. The van der Waals surface area contributed by atoms with Gasteiger partial charge in [-0.25, -0.2) is 4.98 Å². The first-order valence-corrected chi connectivity index (χ1v) is 4.75. The average Bonchev–Trinajstić information content (AvgIpc) is 1.88. The van der Waals surface area contributed by atoms with Gasteiger partial charge in [0.1, 0.15) is 0 Å². The smallest absolute Gasteiger partial charge is 0.153 e. The Morgan fingerprint density at radius 3 is 2.60 bits per heavy atom. The number of hydrogen-bond donors (Lipinski definition) is 0. The molecule has 0 aromatic carbocycles. The second-order valence-corrected chi connectivity index (χ2v) is 5.68. The van der Waals surface area contributed by atoms with E-state index in [-0.39, 0.29) is 0 Å². The third kappa shape index (κ3) is 2.09. The van der Waals surface area contributed by atoms with Crippen LogP contribution < -0.4 is 1.33 Å². The molecule has 5 heteroatoms. The number of rotatable bonds is 1. The Hall–Kier alpha value is 0.700. The lowest BCUT2D eigenvalue weighted by Crippen LogP contribution is -1.91. The highest BCUT2D eigenvalue weighted by atomic mass is 127. The van der Waals surface area contributed by atoms with Gasteiger partial charge < -0.3 is 0 Å². The van der Waals surface area contributed by atoms with Crippen molar-refractivity contribution in [3.63, 3.8) is 0 Å². The van der Waals surface area contributed by atoms with E-state index in [1.165, 1.54) is 0 Å². The van der Waals surface area contributed by atoms with Gasteiger partial charge >= 0.3 is 0 Å². The van der Waals surface area contributed by atoms with Crippen LogP contribution in [0.2, 0.25) is 5.15 Å². The van der Waals surface area contributed by atoms with Gasteiger partial charge in [-0.15, -0.1) is 0 Å². The van der Waals surface area contributed by atoms with Crippen molar-refractivity contribution >= 4 is 63.0 Å². The predicted octanol–water partition coefficient (Wildman–Crippen LogP) is 3.24. The van der Waals surface area contributed by atoms with Crippen molar-refractivity contribution in [1.29, 1.82) is 0 Å². The number of hydrogen-bond acceptors (Lipinski definition) is 2. The van der Waals surface area contributed by atoms with Gasteiger partial charge in [0, 0.05) is 6.20 Å². The van der Waals surface area contributed by atoms with E-state index in [1.807, 2.05) is 13.5 Å². The molecule has 1 aromatic rings. The van der Waals surface area contributed by atoms with Crippen LogP contribution >= 0.6 is 57.3 Å². The van der Waals surface area contributed by atoms with Gasteiger partial charge in [0.25, 0.3) is 0 Å². The average molecular weight is 380 g/mol. The number of pyridine rings is 1. The molecule has 0 bridgehead atoms. The lowest BCUT2D eigenvalue weighted by atomic mass is 10.4. The predicted molar refractivity (Wildman–Crippen MR) is 59.8 cm³/mol. The fourth-order valence-electron chi connectivity index (χ4n) is 0.504. The van der Waals surface area contributed by atoms with Gasteiger partial charge in [0.2, 0.25) is 0 Å². The van der Waals surface area contributed by atoms with Crippen LogP contribution in [0.5, 0.6) is 0 Å². The summed E-state index contributed by atoms with van der Waals surface area (Å²) < 4.78 is 1.87. The van der Waals surface area contributed by atoms with E-state index < -0.39 is 0 Å². The van der Waals surface area contributed by atoms with Crippen molar-refractivity contribution in [1.82, 2.24) is 4.98 Å². The van der Waals surface area contributed by atoms with Crippen LogP contribution in [0.1, 0.15) is 0 Å². The summed E-state index contributed by atoms with van der Waals surface area (Å²) in [6, 6.07) is 3.76. The number of aromatic nitrogens is 1. The van der Waals surface area contributed by atoms with E-state index in [9.17, 15) is 0 Å². The molecule has 0 atom stereocenters. The van der Waals surface area contributed by atoms with Crippen LogP contribution in [-0.2, 0) is 0 Å². The fraction of sp³-hybridized carbons (Fsp3) is 0. The highest BCUT2D eigenvalue weighted by molar-refractivity contribution is 14.2. The standard InChI is InChI=1S/C5H3ClI2N2/c6-5-4(10(7)8)2-1-3-9-5/h1-3H. The van der Waals surface area contributed by atoms with Crippen LogP contribution in [0.25, 0.3) is 0 Å². The molecule has 0 saturated heterocycles. The summed E-state index contributed by atoms with van der Waals surface area (Å²) in [5.41, 5.74) is 0.922. The molecule has 0 spiro atoms. The Morgan fingerprint density at radius 2 is 2.20 bits per heavy atom. The molecule has 0 unspecified atom stereocenters. The quantitative estimate of drug-likeness (QED) is 0.423. The van der Waals surface area contributed by atoms with Crippen LogP contribution in [-0.4, -0.2) is 4.98 Å². The number of halogens is 3. The van der Waals surface area contributed by atoms with E-state index in [4.69, 9.17) is 11.6 Å². The Morgan fingerprint density at radius 1 is 1.50 bits per heavy atom. The summed E-state index contributed by atoms with van der Waals surface area (Å²) in [6.45, 7) is 0. The normalized spacial score (nSPS) is 9.50. The fourth-order valence-corrected chi connectivity index (χ4v) is 1.77. The molecule has 0 amide bonds. The minimum absolute atomic E-state index is 0.534. The summed E-state index contributed by atoms with van der Waals surface area (Å²) in [7, 11) is 0. The summed E-state index contributed by atoms with van der Waals surface area (Å²) in [5, 5.41) is 0.534. The molecule has 0 aliphatic carbocycles. The van der Waals surface area contributed by atoms with Gasteiger partial charge in [-0.05, 0) is 12.1 Å². The van der Waals surface area contributed by atoms with E-state index in [1.54, 1.807) is 6.20 Å². The maximum atomic E-state index is 5.76. The van der Waals surface area contributed by atoms with Crippen molar-refractivity contribution in [2.75, 3.05) is 1.33 Å². The van der Waals surface area contributed by atoms with Crippen molar-refractivity contribution in [2.24, 2.45) is 0 Å². The van der Waals surface area contributed by atoms with Crippen molar-refractivity contribution < 1.29 is 0 Å². The zero-order valence-electron chi connectivity index (χ0n) is 4.76. The minimum Gasteiger partial charge on any atom is -0.252 e. The molecule has 2 nitrogen and oxygen atoms in total. The zero-order chi connectivity index (χ0) is 7.56. The Balaban J connectivity index is 3.03. The lowest BCUT2D eigenvalue weighted by Gasteiger charge is -2.06. The second kappa shape index (κ2) is 3.91. The minimum atomic E-state index is 0.534. The maximum Gasteiger partial charge on any atom is 0.153 e. The summed E-state index contributed by atoms with van der Waals surface area (Å²) in [6.07, 6.45) is 1.67. The third-order valence-electron chi connectivity index (χ3n) is 0.922. The molecule has 54 valence electrons. The molecule has 10 heavy (non-hydrogen) atoms. The van der Waals surface area contributed by atoms with Crippen molar-refractivity contribution in [3.8, 4) is 0 Å². The maximum absolute atomic E-state index is 5.76. The monoisotopic (exact) mass is 380 g/mol. The van der Waals surface area contributed by atoms with Crippen LogP contribution in [0.15, 0.2) is 18.3 Å². The molecule has 0 aliphatic heterocycles. The van der Waals surface area contributed by atoms with Crippen molar-refractivity contribution in [2.45, 2.75) is 0 Å². The SMILES string of the molecule is Clc1ncccc1N(I)I. The van der Waals surface area contributed by atoms with E-state index >= 15 is 0 Å². The number of anilines is 1. The Labute approximate surface area is 92.0 Å². The molecule has 1 rings (SSSR count). The molecule has 1 heterocycles. The first kappa shape index (κ1) is 8.79. The molecular formula is C5H3ClI2N2. The van der Waals surface area contributed by atoms with Crippen LogP contribution in [0, 0.1) is 0 Å². The molecular weight excluding hydrogens is 377 g/mol. The summed E-state index contributed by atoms with van der Waals surface area (Å²) >= 11 is 10.0. The van der Waals surface area contributed by atoms with Gasteiger partial charge in [0.05, 0.1) is 51.4 Å². The van der Waals surface area contributed by atoms with Gasteiger partial charge in [-0.1, -0.05) is 11.6 Å². The summed E-state index contributed by atoms with van der Waals surface area (Å²) in [5.74, 6) is 0. The molecule has 0 aliphatic rings. The first-order chi connectivity index (χ1) is 4.72. The van der Waals surface area contributed by atoms with Gasteiger partial charge in [-0.3, -0.25) is 1.33 Å².